The smallest absolute Gasteiger partial charge is 0.189 e. The Morgan fingerprint density at radius 2 is 1.63 bits per heavy atom. The number of carbonyl (C=O) groups is 1. The first-order valence-electron chi connectivity index (χ1n) is 13.4. The van der Waals surface area contributed by atoms with Gasteiger partial charge in [0.15, 0.2) is 16.6 Å². The largest absolute Gasteiger partial charge is 0.460 e. The van der Waals surface area contributed by atoms with Crippen molar-refractivity contribution in [3.63, 3.8) is 0 Å². The van der Waals surface area contributed by atoms with E-state index in [4.69, 9.17) is 10.2 Å². The Labute approximate surface area is 214 Å². The summed E-state index contributed by atoms with van der Waals surface area (Å²) in [4.78, 5) is 23.4. The van der Waals surface area contributed by atoms with E-state index in [1.165, 1.54) is 75.5 Å². The van der Waals surface area contributed by atoms with Crippen LogP contribution >= 0.6 is 11.3 Å². The number of aryl methyl sites for hydroxylation is 1. The Hall–Kier alpha value is -2.47. The Balaban J connectivity index is 1.51. The Kier molecular flexibility index (Phi) is 11.5. The van der Waals surface area contributed by atoms with Crippen molar-refractivity contribution in [1.82, 2.24) is 9.97 Å². The molecule has 0 amide bonds. The van der Waals surface area contributed by atoms with Crippen molar-refractivity contribution in [3.8, 4) is 10.8 Å². The first-order chi connectivity index (χ1) is 17.1. The number of thiazole rings is 1. The summed E-state index contributed by atoms with van der Waals surface area (Å²) < 4.78 is 5.51. The molecule has 3 heterocycles. The van der Waals surface area contributed by atoms with Gasteiger partial charge in [0.05, 0.1) is 17.9 Å². The second-order valence-electron chi connectivity index (χ2n) is 9.53. The molecule has 0 saturated carbocycles. The highest BCUT2D eigenvalue weighted by Gasteiger charge is 2.26. The van der Waals surface area contributed by atoms with Gasteiger partial charge in [-0.15, -0.1) is 11.3 Å². The highest BCUT2D eigenvalue weighted by atomic mass is 32.1. The minimum Gasteiger partial charge on any atom is -0.460 e. The van der Waals surface area contributed by atoms with Gasteiger partial charge in [-0.25, -0.2) is 4.98 Å². The monoisotopic (exact) mass is 495 g/mol. The van der Waals surface area contributed by atoms with Crippen LogP contribution in [-0.4, -0.2) is 15.8 Å². The van der Waals surface area contributed by atoms with Gasteiger partial charge in [-0.2, -0.15) is 0 Å². The lowest BCUT2D eigenvalue weighted by atomic mass is 9.93. The van der Waals surface area contributed by atoms with Crippen LogP contribution in [0.5, 0.6) is 0 Å². The van der Waals surface area contributed by atoms with Gasteiger partial charge >= 0.3 is 0 Å². The number of pyridine rings is 1. The molecule has 0 aliphatic carbocycles. The number of Topliss-reactive ketones (excluding diaryl/α,β-unsaturated/α-hetero) is 1. The van der Waals surface area contributed by atoms with Crippen LogP contribution in [-0.2, 0) is 0 Å². The minimum atomic E-state index is -0.241. The van der Waals surface area contributed by atoms with Crippen molar-refractivity contribution in [2.75, 3.05) is 5.73 Å². The number of nitrogens with zero attached hydrogens (tertiary/aromatic N) is 2. The summed E-state index contributed by atoms with van der Waals surface area (Å²) in [5.74, 6) is 0.403. The summed E-state index contributed by atoms with van der Waals surface area (Å²) in [6.07, 6.45) is 19.8. The number of carbonyl (C=O) groups excluding carboxylic acids is 1. The average molecular weight is 496 g/mol. The molecule has 3 aromatic rings. The standard InChI is InChI=1S/C29H41N3O2S/c1-3-4-5-6-7-8-9-10-11-12-13-14-17-23(27(33)25-18-15-16-22(2)32-25)26-21-31-29(35-26)28-24(30)19-20-34-28/h15-16,18-21,23H,3-14,17,30H2,1-2H3. The van der Waals surface area contributed by atoms with E-state index in [-0.39, 0.29) is 11.7 Å². The summed E-state index contributed by atoms with van der Waals surface area (Å²) in [5, 5.41) is 0.715. The third-order valence-electron chi connectivity index (χ3n) is 6.56. The molecule has 2 N–H and O–H groups in total. The zero-order valence-electron chi connectivity index (χ0n) is 21.4. The number of furan rings is 1. The van der Waals surface area contributed by atoms with E-state index in [1.807, 2.05) is 25.1 Å². The Bertz CT molecular complexity index is 1030. The fourth-order valence-corrected chi connectivity index (χ4v) is 5.56. The zero-order chi connectivity index (χ0) is 24.9. The van der Waals surface area contributed by atoms with Gasteiger partial charge in [0.1, 0.15) is 5.69 Å². The van der Waals surface area contributed by atoms with Crippen LogP contribution < -0.4 is 5.73 Å². The van der Waals surface area contributed by atoms with Crippen LogP contribution in [0.3, 0.4) is 0 Å². The van der Waals surface area contributed by atoms with E-state index in [0.717, 1.165) is 29.8 Å². The van der Waals surface area contributed by atoms with Gasteiger partial charge in [0, 0.05) is 22.8 Å². The lowest BCUT2D eigenvalue weighted by molar-refractivity contribution is 0.0950. The molecule has 1 atom stereocenters. The Morgan fingerprint density at radius 3 is 2.23 bits per heavy atom. The zero-order valence-corrected chi connectivity index (χ0v) is 22.2. The normalized spacial score (nSPS) is 12.2. The number of hydrogen-bond acceptors (Lipinski definition) is 6. The third kappa shape index (κ3) is 8.60. The van der Waals surface area contributed by atoms with Crippen molar-refractivity contribution >= 4 is 22.8 Å². The number of nitrogens with two attached hydrogens (primary N) is 1. The molecule has 0 radical (unpaired) electrons. The molecule has 0 fully saturated rings. The van der Waals surface area contributed by atoms with Crippen LogP contribution in [0, 0.1) is 6.92 Å². The van der Waals surface area contributed by atoms with E-state index in [0.29, 0.717) is 22.1 Å². The molecule has 0 saturated heterocycles. The lowest BCUT2D eigenvalue weighted by Crippen LogP contribution is -2.14. The highest BCUT2D eigenvalue weighted by molar-refractivity contribution is 7.15. The molecule has 3 aromatic heterocycles. The van der Waals surface area contributed by atoms with Gasteiger partial charge in [0.2, 0.25) is 0 Å². The van der Waals surface area contributed by atoms with Gasteiger partial charge < -0.3 is 10.2 Å². The van der Waals surface area contributed by atoms with Crippen molar-refractivity contribution < 1.29 is 9.21 Å². The van der Waals surface area contributed by atoms with Crippen LogP contribution in [0.4, 0.5) is 5.69 Å². The van der Waals surface area contributed by atoms with Gasteiger partial charge in [0.25, 0.3) is 0 Å². The van der Waals surface area contributed by atoms with Crippen LogP contribution in [0.1, 0.15) is 117 Å². The summed E-state index contributed by atoms with van der Waals surface area (Å²) in [5.41, 5.74) is 7.95. The van der Waals surface area contributed by atoms with Gasteiger partial charge in [-0.05, 0) is 25.5 Å². The predicted octanol–water partition coefficient (Wildman–Crippen LogP) is 8.75. The molecule has 0 aliphatic heterocycles. The fraction of sp³-hybridized carbons (Fsp3) is 0.552. The molecule has 5 nitrogen and oxygen atoms in total. The number of hydrogen-bond donors (Lipinski definition) is 1. The third-order valence-corrected chi connectivity index (χ3v) is 7.67. The number of unbranched alkanes of at least 4 members (excludes halogenated alkanes) is 11. The van der Waals surface area contributed by atoms with Crippen LogP contribution in [0.25, 0.3) is 10.8 Å². The SMILES string of the molecule is CCCCCCCCCCCCCCC(C(=O)c1cccc(C)n1)c1cnc(-c2occc2N)s1. The molecule has 0 spiro atoms. The second kappa shape index (κ2) is 14.8. The summed E-state index contributed by atoms with van der Waals surface area (Å²) in [6, 6.07) is 7.36. The molecule has 0 bridgehead atoms. The summed E-state index contributed by atoms with van der Waals surface area (Å²) in [6.45, 7) is 4.19. The van der Waals surface area contributed by atoms with E-state index >= 15 is 0 Å². The van der Waals surface area contributed by atoms with Gasteiger partial charge in [-0.1, -0.05) is 90.0 Å². The number of anilines is 1. The summed E-state index contributed by atoms with van der Waals surface area (Å²) in [7, 11) is 0. The van der Waals surface area contributed by atoms with E-state index in [9.17, 15) is 4.79 Å². The highest BCUT2D eigenvalue weighted by Crippen LogP contribution is 2.36. The molecular weight excluding hydrogens is 454 g/mol. The van der Waals surface area contributed by atoms with Crippen LogP contribution in [0.2, 0.25) is 0 Å². The number of rotatable bonds is 17. The Morgan fingerprint density at radius 1 is 0.971 bits per heavy atom. The predicted molar refractivity (Wildman–Crippen MR) is 146 cm³/mol. The molecule has 0 aromatic carbocycles. The maximum Gasteiger partial charge on any atom is 0.189 e. The van der Waals surface area contributed by atoms with Crippen molar-refractivity contribution in [3.05, 3.63) is 53.0 Å². The molecular formula is C29H41N3O2S. The van der Waals surface area contributed by atoms with E-state index < -0.39 is 0 Å². The van der Waals surface area contributed by atoms with E-state index in [1.54, 1.807) is 18.5 Å². The summed E-state index contributed by atoms with van der Waals surface area (Å²) >= 11 is 1.49. The quantitative estimate of drug-likeness (QED) is 0.149. The fourth-order valence-electron chi connectivity index (χ4n) is 4.50. The first-order valence-corrected chi connectivity index (χ1v) is 14.2. The van der Waals surface area contributed by atoms with Gasteiger partial charge in [-0.3, -0.25) is 9.78 Å². The maximum atomic E-state index is 13.5. The molecule has 190 valence electrons. The van der Waals surface area contributed by atoms with Crippen molar-refractivity contribution in [2.45, 2.75) is 103 Å². The molecule has 1 unspecified atom stereocenters. The molecule has 0 aliphatic rings. The average Bonchev–Trinajstić information content (AvgIpc) is 3.50. The van der Waals surface area contributed by atoms with Crippen LogP contribution in [0.15, 0.2) is 41.1 Å². The minimum absolute atomic E-state index is 0.0689. The topological polar surface area (TPSA) is 82.0 Å². The van der Waals surface area contributed by atoms with E-state index in [2.05, 4.69) is 16.9 Å². The molecule has 3 rings (SSSR count). The van der Waals surface area contributed by atoms with Crippen molar-refractivity contribution in [1.29, 1.82) is 0 Å². The second-order valence-corrected chi connectivity index (χ2v) is 10.6. The molecule has 35 heavy (non-hydrogen) atoms. The number of ketones is 1. The number of aromatic nitrogens is 2. The molecule has 6 heteroatoms. The number of nitrogen functional groups attached to an aromatic ring is 1. The first kappa shape index (κ1) is 27.1. The lowest BCUT2D eigenvalue weighted by Gasteiger charge is -2.14. The van der Waals surface area contributed by atoms with Crippen molar-refractivity contribution in [2.24, 2.45) is 0 Å². The maximum absolute atomic E-state index is 13.5.